The van der Waals surface area contributed by atoms with Crippen molar-refractivity contribution >= 4 is 27.5 Å². The van der Waals surface area contributed by atoms with Gasteiger partial charge in [0, 0.05) is 11.1 Å². The molecule has 0 aliphatic heterocycles. The third kappa shape index (κ3) is 3.16. The number of benzene rings is 2. The molecule has 0 aliphatic rings. The Balaban J connectivity index is 2.55. The van der Waals surface area contributed by atoms with Crippen LogP contribution in [0.1, 0.15) is 21.5 Å². The Kier molecular flexibility index (Phi) is 5.12. The third-order valence-corrected chi connectivity index (χ3v) is 4.56. The van der Waals surface area contributed by atoms with Gasteiger partial charge >= 0.3 is 0 Å². The Morgan fingerprint density at radius 3 is 2.43 bits per heavy atom. The molecule has 0 spiro atoms. The monoisotopic (exact) mass is 372 g/mol. The number of methoxy groups -OCH3 is 2. The van der Waals surface area contributed by atoms with Crippen LogP contribution in [0.4, 0.5) is 4.39 Å². The lowest BCUT2D eigenvalue weighted by atomic mass is 10.0. The summed E-state index contributed by atoms with van der Waals surface area (Å²) in [6, 6.07) is 8.53. The fourth-order valence-electron chi connectivity index (χ4n) is 2.14. The van der Waals surface area contributed by atoms with E-state index in [4.69, 9.17) is 21.1 Å². The number of ether oxygens (including phenoxy) is 2. The van der Waals surface area contributed by atoms with Crippen molar-refractivity contribution in [1.29, 1.82) is 0 Å². The van der Waals surface area contributed by atoms with Crippen molar-refractivity contribution in [2.45, 2.75) is 11.8 Å². The molecular weight excluding hydrogens is 359 g/mol. The van der Waals surface area contributed by atoms with Gasteiger partial charge in [-0.2, -0.15) is 0 Å². The van der Waals surface area contributed by atoms with E-state index in [0.29, 0.717) is 22.1 Å². The van der Waals surface area contributed by atoms with E-state index in [1.165, 1.54) is 20.3 Å². The molecule has 0 bridgehead atoms. The normalized spacial score (nSPS) is 12.1. The van der Waals surface area contributed by atoms with Gasteiger partial charge in [0.1, 0.15) is 22.3 Å². The van der Waals surface area contributed by atoms with Crippen molar-refractivity contribution in [1.82, 2.24) is 0 Å². The predicted molar refractivity (Wildman–Crippen MR) is 86.5 cm³/mol. The molecule has 5 heteroatoms. The fraction of sp³-hybridized carbons (Fsp3) is 0.250. The van der Waals surface area contributed by atoms with E-state index in [2.05, 4.69) is 15.9 Å². The van der Waals surface area contributed by atoms with Crippen LogP contribution in [0.3, 0.4) is 0 Å². The van der Waals surface area contributed by atoms with Crippen LogP contribution in [-0.2, 0) is 0 Å². The first kappa shape index (κ1) is 16.1. The highest BCUT2D eigenvalue weighted by Crippen LogP contribution is 2.44. The fourth-order valence-corrected chi connectivity index (χ4v) is 3.18. The zero-order valence-corrected chi connectivity index (χ0v) is 14.3. The number of hydrogen-bond donors (Lipinski definition) is 0. The highest BCUT2D eigenvalue weighted by Gasteiger charge is 2.22. The Hall–Kier alpha value is -1.26. The number of alkyl halides is 1. The zero-order valence-electron chi connectivity index (χ0n) is 11.9. The Morgan fingerprint density at radius 2 is 1.81 bits per heavy atom. The molecular formula is C16H15BrClFO2. The standard InChI is InChI=1S/C16H15BrClFO2/c1-9-4-6-12(19)11(8-9)14(17)10-5-7-13(20-2)15(18)16(10)21-3/h4-8,14H,1-3H3. The second-order valence-electron chi connectivity index (χ2n) is 4.59. The van der Waals surface area contributed by atoms with Gasteiger partial charge in [-0.25, -0.2) is 4.39 Å². The molecule has 2 aromatic carbocycles. The highest BCUT2D eigenvalue weighted by atomic mass is 79.9. The van der Waals surface area contributed by atoms with Gasteiger partial charge in [-0.15, -0.1) is 0 Å². The summed E-state index contributed by atoms with van der Waals surface area (Å²) in [4.78, 5) is -0.365. The maximum absolute atomic E-state index is 14.1. The smallest absolute Gasteiger partial charge is 0.145 e. The van der Waals surface area contributed by atoms with Crippen molar-refractivity contribution in [2.75, 3.05) is 14.2 Å². The van der Waals surface area contributed by atoms with Crippen molar-refractivity contribution < 1.29 is 13.9 Å². The lowest BCUT2D eigenvalue weighted by Crippen LogP contribution is -2.01. The summed E-state index contributed by atoms with van der Waals surface area (Å²) in [7, 11) is 3.06. The van der Waals surface area contributed by atoms with E-state index in [-0.39, 0.29) is 10.6 Å². The van der Waals surface area contributed by atoms with E-state index in [0.717, 1.165) is 11.1 Å². The number of halogens is 3. The van der Waals surface area contributed by atoms with E-state index >= 15 is 0 Å². The quantitative estimate of drug-likeness (QED) is 0.678. The van der Waals surface area contributed by atoms with Crippen LogP contribution >= 0.6 is 27.5 Å². The minimum absolute atomic E-state index is 0.281. The van der Waals surface area contributed by atoms with Gasteiger partial charge < -0.3 is 9.47 Å². The van der Waals surface area contributed by atoms with Gasteiger partial charge in [0.25, 0.3) is 0 Å². The molecule has 112 valence electrons. The Bertz CT molecular complexity index is 661. The third-order valence-electron chi connectivity index (χ3n) is 3.21. The summed E-state index contributed by atoms with van der Waals surface area (Å²) in [6.45, 7) is 1.92. The average Bonchev–Trinajstić information content (AvgIpc) is 2.48. The topological polar surface area (TPSA) is 18.5 Å². The molecule has 0 amide bonds. The minimum Gasteiger partial charge on any atom is -0.495 e. The van der Waals surface area contributed by atoms with Crippen molar-refractivity contribution in [3.05, 3.63) is 57.9 Å². The summed E-state index contributed by atoms with van der Waals surface area (Å²) in [6.07, 6.45) is 0. The molecule has 1 atom stereocenters. The van der Waals surface area contributed by atoms with Crippen LogP contribution in [0, 0.1) is 12.7 Å². The molecule has 1 unspecified atom stereocenters. The van der Waals surface area contributed by atoms with Gasteiger partial charge in [0.2, 0.25) is 0 Å². The van der Waals surface area contributed by atoms with E-state index in [1.807, 2.05) is 13.0 Å². The lowest BCUT2D eigenvalue weighted by molar-refractivity contribution is 0.392. The summed E-state index contributed by atoms with van der Waals surface area (Å²) in [5.41, 5.74) is 2.26. The molecule has 0 aromatic heterocycles. The summed E-state index contributed by atoms with van der Waals surface area (Å²) < 4.78 is 24.6. The molecule has 2 aromatic rings. The molecule has 0 radical (unpaired) electrons. The van der Waals surface area contributed by atoms with Crippen molar-refractivity contribution in [3.63, 3.8) is 0 Å². The number of rotatable bonds is 4. The van der Waals surface area contributed by atoms with Crippen LogP contribution in [-0.4, -0.2) is 14.2 Å². The molecule has 2 rings (SSSR count). The number of hydrogen-bond acceptors (Lipinski definition) is 2. The molecule has 0 heterocycles. The van der Waals surface area contributed by atoms with E-state index in [1.54, 1.807) is 18.2 Å². The van der Waals surface area contributed by atoms with Crippen LogP contribution in [0.15, 0.2) is 30.3 Å². The molecule has 0 saturated carbocycles. The van der Waals surface area contributed by atoms with E-state index < -0.39 is 0 Å². The van der Waals surface area contributed by atoms with Gasteiger partial charge in [-0.3, -0.25) is 0 Å². The van der Waals surface area contributed by atoms with E-state index in [9.17, 15) is 4.39 Å². The maximum atomic E-state index is 14.1. The SMILES string of the molecule is COc1ccc(C(Br)c2cc(C)ccc2F)c(OC)c1Cl. The molecule has 2 nitrogen and oxygen atoms in total. The Morgan fingerprint density at radius 1 is 1.10 bits per heavy atom. The first-order valence-corrected chi connectivity index (χ1v) is 7.59. The van der Waals surface area contributed by atoms with Crippen LogP contribution in [0.5, 0.6) is 11.5 Å². The van der Waals surface area contributed by atoms with Gasteiger partial charge in [0.15, 0.2) is 0 Å². The highest BCUT2D eigenvalue weighted by molar-refractivity contribution is 9.09. The van der Waals surface area contributed by atoms with Crippen LogP contribution < -0.4 is 9.47 Å². The van der Waals surface area contributed by atoms with Gasteiger partial charge in [-0.05, 0) is 19.1 Å². The maximum Gasteiger partial charge on any atom is 0.145 e. The van der Waals surface area contributed by atoms with Crippen molar-refractivity contribution in [2.24, 2.45) is 0 Å². The molecule has 0 aliphatic carbocycles. The molecule has 0 N–H and O–H groups in total. The molecule has 0 saturated heterocycles. The summed E-state index contributed by atoms with van der Waals surface area (Å²) in [5.74, 6) is 0.706. The molecule has 0 fully saturated rings. The minimum atomic E-state index is -0.365. The van der Waals surface area contributed by atoms with Gasteiger partial charge in [0.05, 0.1) is 19.0 Å². The average molecular weight is 374 g/mol. The van der Waals surface area contributed by atoms with Gasteiger partial charge in [-0.1, -0.05) is 51.3 Å². The largest absolute Gasteiger partial charge is 0.495 e. The predicted octanol–water partition coefficient (Wildman–Crippen LogP) is 5.29. The Labute approximate surface area is 137 Å². The summed E-state index contributed by atoms with van der Waals surface area (Å²) in [5, 5.41) is 0.370. The van der Waals surface area contributed by atoms with Crippen LogP contribution in [0.25, 0.3) is 0 Å². The van der Waals surface area contributed by atoms with Crippen molar-refractivity contribution in [3.8, 4) is 11.5 Å². The second-order valence-corrected chi connectivity index (χ2v) is 5.89. The summed E-state index contributed by atoms with van der Waals surface area (Å²) >= 11 is 9.78. The number of aryl methyl sites for hydroxylation is 1. The second kappa shape index (κ2) is 6.67. The van der Waals surface area contributed by atoms with Crippen LogP contribution in [0.2, 0.25) is 5.02 Å². The first-order valence-electron chi connectivity index (χ1n) is 6.30. The first-order chi connectivity index (χ1) is 9.99. The zero-order chi connectivity index (χ0) is 15.6. The molecule has 21 heavy (non-hydrogen) atoms. The lowest BCUT2D eigenvalue weighted by Gasteiger charge is -2.18.